The minimum atomic E-state index is 0.149. The van der Waals surface area contributed by atoms with E-state index in [0.29, 0.717) is 6.42 Å². The van der Waals surface area contributed by atoms with Crippen LogP contribution in [0.15, 0.2) is 44.7 Å². The summed E-state index contributed by atoms with van der Waals surface area (Å²) >= 11 is 8.34. The highest BCUT2D eigenvalue weighted by Crippen LogP contribution is 2.22. The highest BCUT2D eigenvalue weighted by Gasteiger charge is 2.08. The molecule has 0 aliphatic heterocycles. The lowest BCUT2D eigenvalue weighted by atomic mass is 10.1. The van der Waals surface area contributed by atoms with Crippen LogP contribution in [0.2, 0.25) is 0 Å². The third kappa shape index (κ3) is 3.03. The number of benzene rings is 1. The van der Waals surface area contributed by atoms with Crippen molar-refractivity contribution in [2.24, 2.45) is 0 Å². The lowest BCUT2D eigenvalue weighted by Crippen LogP contribution is -2.01. The summed E-state index contributed by atoms with van der Waals surface area (Å²) in [5.74, 6) is 0.149. The summed E-state index contributed by atoms with van der Waals surface area (Å²) in [4.78, 5) is 13.0. The smallest absolute Gasteiger partial charge is 0.168 e. The number of thiophene rings is 1. The maximum absolute atomic E-state index is 11.9. The van der Waals surface area contributed by atoms with Gasteiger partial charge in [-0.1, -0.05) is 28.1 Å². The third-order valence-corrected chi connectivity index (χ3v) is 4.29. The highest BCUT2D eigenvalue weighted by atomic mass is 79.9. The van der Waals surface area contributed by atoms with Gasteiger partial charge < -0.3 is 0 Å². The third-order valence-electron chi connectivity index (χ3n) is 2.10. The number of ketones is 1. The second kappa shape index (κ2) is 5.25. The summed E-state index contributed by atoms with van der Waals surface area (Å²) in [6.45, 7) is 0. The monoisotopic (exact) mass is 358 g/mol. The number of hydrogen-bond acceptors (Lipinski definition) is 2. The molecule has 0 bridgehead atoms. The zero-order valence-corrected chi connectivity index (χ0v) is 12.2. The van der Waals surface area contributed by atoms with Crippen molar-refractivity contribution in [2.45, 2.75) is 6.42 Å². The molecule has 2 aromatic rings. The minimum absolute atomic E-state index is 0.149. The molecule has 0 spiro atoms. The van der Waals surface area contributed by atoms with Gasteiger partial charge in [0.2, 0.25) is 0 Å². The van der Waals surface area contributed by atoms with Crippen LogP contribution in [0.25, 0.3) is 0 Å². The molecule has 2 rings (SSSR count). The molecule has 0 aliphatic carbocycles. The molecule has 0 fully saturated rings. The summed E-state index contributed by atoms with van der Waals surface area (Å²) in [5.41, 5.74) is 0.749. The van der Waals surface area contributed by atoms with E-state index in [1.54, 1.807) is 11.3 Å². The van der Waals surface area contributed by atoms with Crippen molar-refractivity contribution in [3.8, 4) is 0 Å². The molecule has 1 heterocycles. The zero-order chi connectivity index (χ0) is 11.5. The van der Waals surface area contributed by atoms with Crippen LogP contribution >= 0.6 is 43.2 Å². The summed E-state index contributed by atoms with van der Waals surface area (Å²) < 4.78 is 1.97. The van der Waals surface area contributed by atoms with E-state index in [1.165, 1.54) is 0 Å². The first-order valence-corrected chi connectivity index (χ1v) is 7.13. The van der Waals surface area contributed by atoms with Gasteiger partial charge in [-0.05, 0) is 34.1 Å². The predicted molar refractivity (Wildman–Crippen MR) is 74.2 cm³/mol. The van der Waals surface area contributed by atoms with Crippen molar-refractivity contribution >= 4 is 49.0 Å². The van der Waals surface area contributed by atoms with Gasteiger partial charge in [0, 0.05) is 31.2 Å². The highest BCUT2D eigenvalue weighted by molar-refractivity contribution is 9.10. The van der Waals surface area contributed by atoms with Crippen molar-refractivity contribution in [2.75, 3.05) is 0 Å². The number of hydrogen-bond donors (Lipinski definition) is 0. The Kier molecular flexibility index (Phi) is 3.95. The summed E-state index contributed by atoms with van der Waals surface area (Å²) in [7, 11) is 0. The van der Waals surface area contributed by atoms with E-state index < -0.39 is 0 Å². The normalized spacial score (nSPS) is 10.4. The van der Waals surface area contributed by atoms with E-state index in [1.807, 2.05) is 35.7 Å². The summed E-state index contributed by atoms with van der Waals surface area (Å²) in [5, 5.41) is 1.99. The van der Waals surface area contributed by atoms with Crippen LogP contribution in [0.5, 0.6) is 0 Å². The van der Waals surface area contributed by atoms with Gasteiger partial charge in [0.15, 0.2) is 5.78 Å². The number of Topliss-reactive ketones (excluding diaryl/α,β-unsaturated/α-hetero) is 1. The van der Waals surface area contributed by atoms with Crippen LogP contribution < -0.4 is 0 Å². The number of carbonyl (C=O) groups excluding carboxylic acids is 1. The number of halogens is 2. The number of carbonyl (C=O) groups is 1. The first kappa shape index (κ1) is 12.0. The Balaban J connectivity index is 2.14. The Morgan fingerprint density at radius 3 is 2.62 bits per heavy atom. The van der Waals surface area contributed by atoms with Gasteiger partial charge in [0.1, 0.15) is 0 Å². The van der Waals surface area contributed by atoms with Crippen molar-refractivity contribution in [3.63, 3.8) is 0 Å². The Morgan fingerprint density at radius 2 is 2.00 bits per heavy atom. The van der Waals surface area contributed by atoms with Crippen LogP contribution in [0, 0.1) is 0 Å². The summed E-state index contributed by atoms with van der Waals surface area (Å²) in [6.07, 6.45) is 0.465. The topological polar surface area (TPSA) is 17.1 Å². The Bertz CT molecular complexity index is 519. The molecule has 0 saturated carbocycles. The predicted octanol–water partition coefficient (Wildman–Crippen LogP) is 4.70. The van der Waals surface area contributed by atoms with E-state index in [-0.39, 0.29) is 5.78 Å². The first-order valence-electron chi connectivity index (χ1n) is 4.67. The standard InChI is InChI=1S/C12H8Br2OS/c13-9-3-1-2-8(4-9)12(15)6-11-5-10(14)7-16-11/h1-5,7H,6H2. The minimum Gasteiger partial charge on any atom is -0.294 e. The molecule has 0 unspecified atom stereocenters. The Morgan fingerprint density at radius 1 is 1.19 bits per heavy atom. The van der Waals surface area contributed by atoms with E-state index >= 15 is 0 Å². The van der Waals surface area contributed by atoms with E-state index in [0.717, 1.165) is 19.4 Å². The Hall–Kier alpha value is -0.450. The zero-order valence-electron chi connectivity index (χ0n) is 8.24. The second-order valence-corrected chi connectivity index (χ2v) is 6.17. The van der Waals surface area contributed by atoms with E-state index in [9.17, 15) is 4.79 Å². The molecule has 0 atom stereocenters. The van der Waals surface area contributed by atoms with Crippen molar-refractivity contribution in [1.82, 2.24) is 0 Å². The first-order chi connectivity index (χ1) is 7.65. The molecule has 4 heteroatoms. The lowest BCUT2D eigenvalue weighted by Gasteiger charge is -1.99. The van der Waals surface area contributed by atoms with Crippen LogP contribution in [-0.2, 0) is 6.42 Å². The summed E-state index contributed by atoms with van der Waals surface area (Å²) in [6, 6.07) is 9.47. The van der Waals surface area contributed by atoms with Crippen molar-refractivity contribution < 1.29 is 4.79 Å². The molecule has 0 N–H and O–H groups in total. The molecule has 1 aromatic carbocycles. The molecule has 0 aliphatic rings. The maximum atomic E-state index is 11.9. The molecular formula is C12H8Br2OS. The molecule has 1 aromatic heterocycles. The molecule has 0 saturated heterocycles. The molecule has 82 valence electrons. The fourth-order valence-corrected chi connectivity index (χ4v) is 3.22. The second-order valence-electron chi connectivity index (χ2n) is 3.34. The van der Waals surface area contributed by atoms with E-state index in [2.05, 4.69) is 31.9 Å². The van der Waals surface area contributed by atoms with Crippen molar-refractivity contribution in [3.05, 3.63) is 55.1 Å². The van der Waals surface area contributed by atoms with E-state index in [4.69, 9.17) is 0 Å². The van der Waals surface area contributed by atoms with Crippen LogP contribution in [0.1, 0.15) is 15.2 Å². The van der Waals surface area contributed by atoms with Gasteiger partial charge in [-0.3, -0.25) is 4.79 Å². The van der Waals surface area contributed by atoms with Gasteiger partial charge >= 0.3 is 0 Å². The largest absolute Gasteiger partial charge is 0.294 e. The van der Waals surface area contributed by atoms with Gasteiger partial charge in [0.25, 0.3) is 0 Å². The van der Waals surface area contributed by atoms with Crippen LogP contribution in [-0.4, -0.2) is 5.78 Å². The van der Waals surface area contributed by atoms with Gasteiger partial charge in [-0.15, -0.1) is 11.3 Å². The van der Waals surface area contributed by atoms with Gasteiger partial charge in [-0.2, -0.15) is 0 Å². The number of rotatable bonds is 3. The molecule has 0 amide bonds. The van der Waals surface area contributed by atoms with Crippen LogP contribution in [0.3, 0.4) is 0 Å². The molecule has 0 radical (unpaired) electrons. The molecule has 16 heavy (non-hydrogen) atoms. The lowest BCUT2D eigenvalue weighted by molar-refractivity contribution is 0.0994. The molecule has 1 nitrogen and oxygen atoms in total. The fourth-order valence-electron chi connectivity index (χ4n) is 1.37. The maximum Gasteiger partial charge on any atom is 0.168 e. The molecular weight excluding hydrogens is 352 g/mol. The van der Waals surface area contributed by atoms with Gasteiger partial charge in [0.05, 0.1) is 0 Å². The average molecular weight is 360 g/mol. The van der Waals surface area contributed by atoms with Crippen LogP contribution in [0.4, 0.5) is 0 Å². The fraction of sp³-hybridized carbons (Fsp3) is 0.0833. The quantitative estimate of drug-likeness (QED) is 0.726. The SMILES string of the molecule is O=C(Cc1cc(Br)cs1)c1cccc(Br)c1. The van der Waals surface area contributed by atoms with Gasteiger partial charge in [-0.25, -0.2) is 0 Å². The average Bonchev–Trinajstić information content (AvgIpc) is 2.64. The Labute approximate surface area is 115 Å². The van der Waals surface area contributed by atoms with Crippen molar-refractivity contribution in [1.29, 1.82) is 0 Å².